The molecule has 0 aliphatic heterocycles. The number of halogens is 1. The van der Waals surface area contributed by atoms with Crippen LogP contribution in [0, 0.1) is 5.82 Å². The second kappa shape index (κ2) is 7.92. The van der Waals surface area contributed by atoms with Gasteiger partial charge < -0.3 is 15.8 Å². The van der Waals surface area contributed by atoms with Crippen LogP contribution < -0.4 is 16.4 Å². The van der Waals surface area contributed by atoms with Crippen LogP contribution in [0.3, 0.4) is 0 Å². The summed E-state index contributed by atoms with van der Waals surface area (Å²) < 4.78 is 17.7. The number of amides is 1. The molecule has 4 N–H and O–H groups in total. The Balaban J connectivity index is 1.93. The highest BCUT2D eigenvalue weighted by Gasteiger charge is 2.08. The molecule has 0 bridgehead atoms. The minimum absolute atomic E-state index is 0.120. The maximum absolute atomic E-state index is 12.8. The Morgan fingerprint density at radius 2 is 2.09 bits per heavy atom. The molecule has 0 atom stereocenters. The molecule has 1 amide bonds. The first-order chi connectivity index (χ1) is 11.1. The quantitative estimate of drug-likeness (QED) is 0.756. The third-order valence-electron chi connectivity index (χ3n) is 2.86. The van der Waals surface area contributed by atoms with Crippen molar-refractivity contribution in [2.24, 2.45) is 0 Å². The molecule has 0 aliphatic rings. The van der Waals surface area contributed by atoms with Crippen LogP contribution in [-0.2, 0) is 11.3 Å². The van der Waals surface area contributed by atoms with Crippen LogP contribution in [-0.4, -0.2) is 22.7 Å². The third-order valence-corrected chi connectivity index (χ3v) is 2.86. The number of benzene rings is 1. The number of nitrogens with one attached hydrogen (secondary N) is 2. The largest absolute Gasteiger partial charge is 0.449 e. The number of rotatable bonds is 6. The van der Waals surface area contributed by atoms with Crippen molar-refractivity contribution in [2.45, 2.75) is 19.9 Å². The molecule has 7 nitrogen and oxygen atoms in total. The van der Waals surface area contributed by atoms with Gasteiger partial charge in [-0.3, -0.25) is 5.32 Å². The number of hydrogen-bond acceptors (Lipinski definition) is 6. The molecule has 122 valence electrons. The first kappa shape index (κ1) is 16.5. The Bertz CT molecular complexity index is 663. The Labute approximate surface area is 133 Å². The number of ether oxygens (including phenoxy) is 1. The van der Waals surface area contributed by atoms with Gasteiger partial charge >= 0.3 is 6.09 Å². The van der Waals surface area contributed by atoms with Crippen LogP contribution >= 0.6 is 0 Å². The fourth-order valence-electron chi connectivity index (χ4n) is 1.70. The van der Waals surface area contributed by atoms with E-state index in [-0.39, 0.29) is 17.3 Å². The Hall–Kier alpha value is -2.90. The van der Waals surface area contributed by atoms with Crippen molar-refractivity contribution in [3.05, 3.63) is 41.8 Å². The molecule has 2 aromatic rings. The lowest BCUT2D eigenvalue weighted by molar-refractivity contribution is 0.161. The van der Waals surface area contributed by atoms with Gasteiger partial charge in [-0.15, -0.1) is 0 Å². The van der Waals surface area contributed by atoms with Gasteiger partial charge in [-0.1, -0.05) is 19.1 Å². The number of nitrogen functional groups attached to an aromatic ring is 1. The normalized spacial score (nSPS) is 10.2. The molecule has 23 heavy (non-hydrogen) atoms. The molecular weight excluding hydrogens is 301 g/mol. The predicted molar refractivity (Wildman–Crippen MR) is 85.4 cm³/mol. The van der Waals surface area contributed by atoms with Crippen molar-refractivity contribution in [2.75, 3.05) is 23.0 Å². The van der Waals surface area contributed by atoms with Crippen molar-refractivity contribution in [1.82, 2.24) is 9.97 Å². The summed E-state index contributed by atoms with van der Waals surface area (Å²) in [5.41, 5.74) is 6.93. The Morgan fingerprint density at radius 1 is 1.35 bits per heavy atom. The number of aromatic nitrogens is 2. The number of nitrogens with two attached hydrogens (primary N) is 1. The second-order valence-electron chi connectivity index (χ2n) is 4.73. The smallest absolute Gasteiger partial charge is 0.411 e. The molecule has 2 rings (SSSR count). The summed E-state index contributed by atoms with van der Waals surface area (Å²) in [6.07, 6.45) is 1.52. The van der Waals surface area contributed by atoms with Crippen molar-refractivity contribution in [3.8, 4) is 0 Å². The molecule has 0 saturated carbocycles. The lowest BCUT2D eigenvalue weighted by atomic mass is 10.2. The van der Waals surface area contributed by atoms with Crippen LogP contribution in [0.5, 0.6) is 0 Å². The first-order valence-electron chi connectivity index (χ1n) is 7.13. The standard InChI is InChI=1S/C15H18FN5O2/c1-2-7-23-15(22)20-12-9-19-14(21-13(12)17)18-8-10-3-5-11(16)6-4-10/h3-6,9H,2,7-8H2,1H3,(H,20,22)(H3,17,18,19,21). The van der Waals surface area contributed by atoms with Crippen LogP contribution in [0.25, 0.3) is 0 Å². The van der Waals surface area contributed by atoms with Gasteiger partial charge in [0, 0.05) is 6.54 Å². The van der Waals surface area contributed by atoms with Gasteiger partial charge in [0.15, 0.2) is 5.82 Å². The number of nitrogens with zero attached hydrogens (tertiary/aromatic N) is 2. The van der Waals surface area contributed by atoms with E-state index < -0.39 is 6.09 Å². The summed E-state index contributed by atoms with van der Waals surface area (Å²) in [7, 11) is 0. The fraction of sp³-hybridized carbons (Fsp3) is 0.267. The average Bonchev–Trinajstić information content (AvgIpc) is 2.54. The molecule has 1 aromatic heterocycles. The highest BCUT2D eigenvalue weighted by Crippen LogP contribution is 2.16. The van der Waals surface area contributed by atoms with Crippen LogP contribution in [0.2, 0.25) is 0 Å². The van der Waals surface area contributed by atoms with E-state index in [0.717, 1.165) is 12.0 Å². The summed E-state index contributed by atoms with van der Waals surface area (Å²) in [4.78, 5) is 19.6. The molecular formula is C15H18FN5O2. The van der Waals surface area contributed by atoms with E-state index in [1.165, 1.54) is 18.3 Å². The summed E-state index contributed by atoms with van der Waals surface area (Å²) in [6.45, 7) is 2.64. The monoisotopic (exact) mass is 319 g/mol. The molecule has 0 saturated heterocycles. The molecule has 0 spiro atoms. The topological polar surface area (TPSA) is 102 Å². The highest BCUT2D eigenvalue weighted by molar-refractivity contribution is 5.87. The molecule has 0 unspecified atom stereocenters. The number of hydrogen-bond donors (Lipinski definition) is 3. The second-order valence-corrected chi connectivity index (χ2v) is 4.73. The van der Waals surface area contributed by atoms with Crippen LogP contribution in [0.1, 0.15) is 18.9 Å². The molecule has 0 aliphatic carbocycles. The molecule has 0 fully saturated rings. The van der Waals surface area contributed by atoms with E-state index in [1.807, 2.05) is 6.92 Å². The van der Waals surface area contributed by atoms with Crippen molar-refractivity contribution in [1.29, 1.82) is 0 Å². The lowest BCUT2D eigenvalue weighted by Gasteiger charge is -2.10. The van der Waals surface area contributed by atoms with Gasteiger partial charge in [-0.05, 0) is 24.1 Å². The molecule has 1 heterocycles. The van der Waals surface area contributed by atoms with Gasteiger partial charge in [-0.2, -0.15) is 4.98 Å². The first-order valence-corrected chi connectivity index (χ1v) is 7.13. The fourth-order valence-corrected chi connectivity index (χ4v) is 1.70. The zero-order chi connectivity index (χ0) is 16.7. The van der Waals surface area contributed by atoms with E-state index in [2.05, 4.69) is 20.6 Å². The van der Waals surface area contributed by atoms with Gasteiger partial charge in [0.2, 0.25) is 5.95 Å². The minimum atomic E-state index is -0.603. The van der Waals surface area contributed by atoms with E-state index in [0.29, 0.717) is 19.1 Å². The number of anilines is 3. The van der Waals surface area contributed by atoms with E-state index >= 15 is 0 Å². The summed E-state index contributed by atoms with van der Waals surface area (Å²) in [5, 5.41) is 5.44. The van der Waals surface area contributed by atoms with Crippen molar-refractivity contribution in [3.63, 3.8) is 0 Å². The maximum Gasteiger partial charge on any atom is 0.411 e. The number of carbonyl (C=O) groups is 1. The Kier molecular flexibility index (Phi) is 5.67. The van der Waals surface area contributed by atoms with Gasteiger partial charge in [0.05, 0.1) is 12.8 Å². The van der Waals surface area contributed by atoms with Crippen LogP contribution in [0.15, 0.2) is 30.5 Å². The molecule has 0 radical (unpaired) electrons. The zero-order valence-electron chi connectivity index (χ0n) is 12.7. The summed E-state index contributed by atoms with van der Waals surface area (Å²) in [6, 6.07) is 6.07. The van der Waals surface area contributed by atoms with Gasteiger partial charge in [0.1, 0.15) is 11.5 Å². The maximum atomic E-state index is 12.8. The average molecular weight is 319 g/mol. The van der Waals surface area contributed by atoms with Gasteiger partial charge in [0.25, 0.3) is 0 Å². The summed E-state index contributed by atoms with van der Waals surface area (Å²) in [5.74, 6) is 0.133. The van der Waals surface area contributed by atoms with E-state index in [9.17, 15) is 9.18 Å². The van der Waals surface area contributed by atoms with Crippen molar-refractivity contribution >= 4 is 23.5 Å². The SMILES string of the molecule is CCCOC(=O)Nc1cnc(NCc2ccc(F)cc2)nc1N. The lowest BCUT2D eigenvalue weighted by Crippen LogP contribution is -2.16. The number of carbonyl (C=O) groups excluding carboxylic acids is 1. The zero-order valence-corrected chi connectivity index (χ0v) is 12.7. The van der Waals surface area contributed by atoms with Crippen LogP contribution in [0.4, 0.5) is 26.6 Å². The predicted octanol–water partition coefficient (Wildman–Crippen LogP) is 2.77. The Morgan fingerprint density at radius 3 is 2.74 bits per heavy atom. The van der Waals surface area contributed by atoms with Crippen molar-refractivity contribution < 1.29 is 13.9 Å². The third kappa shape index (κ3) is 5.10. The highest BCUT2D eigenvalue weighted by atomic mass is 19.1. The van der Waals surface area contributed by atoms with E-state index in [4.69, 9.17) is 10.5 Å². The summed E-state index contributed by atoms with van der Waals surface area (Å²) >= 11 is 0. The van der Waals surface area contributed by atoms with E-state index in [1.54, 1.807) is 12.1 Å². The molecule has 8 heteroatoms. The molecule has 1 aromatic carbocycles. The van der Waals surface area contributed by atoms with Gasteiger partial charge in [-0.25, -0.2) is 14.2 Å². The minimum Gasteiger partial charge on any atom is -0.449 e.